The molecule has 1 aromatic carbocycles. The van der Waals surface area contributed by atoms with E-state index in [9.17, 15) is 9.18 Å². The molecule has 1 saturated heterocycles. The summed E-state index contributed by atoms with van der Waals surface area (Å²) in [6.45, 7) is 12.0. The summed E-state index contributed by atoms with van der Waals surface area (Å²) < 4.78 is 35.0. The fourth-order valence-electron chi connectivity index (χ4n) is 2.13. The molecule has 1 aromatic rings. The maximum atomic E-state index is 14.2. The lowest BCUT2D eigenvalue weighted by Gasteiger charge is -2.32. The van der Waals surface area contributed by atoms with Crippen molar-refractivity contribution >= 4 is 19.5 Å². The Morgan fingerprint density at radius 1 is 1.07 bits per heavy atom. The monoisotopic (exact) mass is 396 g/mol. The number of hydrogen-bond donors (Lipinski definition) is 0. The average molecular weight is 396 g/mol. The Hall–Kier alpha value is -1.70. The first-order valence-corrected chi connectivity index (χ1v) is 9.30. The molecule has 0 unspecified atom stereocenters. The fraction of sp³-hybridized carbons (Fsp3) is 0.571. The summed E-state index contributed by atoms with van der Waals surface area (Å²) in [4.78, 5) is 10.9. The Labute approximate surface area is 169 Å². The van der Waals surface area contributed by atoms with Crippen LogP contribution in [0.2, 0.25) is 0 Å². The molecule has 28 heavy (non-hydrogen) atoms. The van der Waals surface area contributed by atoms with Crippen molar-refractivity contribution in [3.63, 3.8) is 0 Å². The van der Waals surface area contributed by atoms with Crippen LogP contribution in [0, 0.1) is 5.82 Å². The van der Waals surface area contributed by atoms with Gasteiger partial charge in [-0.05, 0) is 39.8 Å². The molecule has 0 saturated carbocycles. The lowest BCUT2D eigenvalue weighted by atomic mass is 9.89. The molecule has 1 aliphatic heterocycles. The summed E-state index contributed by atoms with van der Waals surface area (Å²) in [5, 5.41) is 0. The van der Waals surface area contributed by atoms with Gasteiger partial charge in [0.1, 0.15) is 6.29 Å². The van der Waals surface area contributed by atoms with Gasteiger partial charge in [0.05, 0.1) is 18.3 Å². The van der Waals surface area contributed by atoms with E-state index >= 15 is 0 Å². The molecule has 0 atom stereocenters. The summed E-state index contributed by atoms with van der Waals surface area (Å²) in [6.07, 6.45) is 3.43. The van der Waals surface area contributed by atoms with Crippen LogP contribution in [0.15, 0.2) is 18.1 Å². The SMILES string of the molecule is CCC.COC.COc1cc(C=O)cc(/C=C/B2OC(C)(C)C(C)(C)O2)c1F. The first kappa shape index (κ1) is 26.3. The number of carbonyl (C=O) groups excluding carboxylic acids is 1. The van der Waals surface area contributed by atoms with Crippen LogP contribution in [0.3, 0.4) is 0 Å². The van der Waals surface area contributed by atoms with Crippen LogP contribution in [0.5, 0.6) is 5.75 Å². The Morgan fingerprint density at radius 2 is 1.54 bits per heavy atom. The van der Waals surface area contributed by atoms with Crippen molar-refractivity contribution in [2.45, 2.75) is 59.2 Å². The molecule has 0 radical (unpaired) electrons. The van der Waals surface area contributed by atoms with E-state index in [1.165, 1.54) is 31.7 Å². The van der Waals surface area contributed by atoms with Crippen LogP contribution in [-0.4, -0.2) is 45.9 Å². The van der Waals surface area contributed by atoms with E-state index in [1.807, 2.05) is 27.7 Å². The van der Waals surface area contributed by atoms with Gasteiger partial charge in [-0.25, -0.2) is 4.39 Å². The average Bonchev–Trinajstić information content (AvgIpc) is 2.82. The molecule has 2 rings (SSSR count). The highest BCUT2D eigenvalue weighted by molar-refractivity contribution is 6.52. The van der Waals surface area contributed by atoms with Gasteiger partial charge >= 0.3 is 7.12 Å². The summed E-state index contributed by atoms with van der Waals surface area (Å²) in [5.41, 5.74) is -0.325. The molecule has 0 spiro atoms. The largest absolute Gasteiger partial charge is 0.494 e. The predicted molar refractivity (Wildman–Crippen MR) is 112 cm³/mol. The van der Waals surface area contributed by atoms with Gasteiger partial charge in [0, 0.05) is 25.3 Å². The quantitative estimate of drug-likeness (QED) is 0.531. The highest BCUT2D eigenvalue weighted by atomic mass is 19.1. The zero-order valence-electron chi connectivity index (χ0n) is 18.6. The molecule has 5 nitrogen and oxygen atoms in total. The van der Waals surface area contributed by atoms with Gasteiger partial charge in [-0.3, -0.25) is 4.79 Å². The summed E-state index contributed by atoms with van der Waals surface area (Å²) in [6, 6.07) is 2.81. The molecule has 1 fully saturated rings. The van der Waals surface area contributed by atoms with Crippen LogP contribution >= 0.6 is 0 Å². The number of benzene rings is 1. The Balaban J connectivity index is 0.00000108. The standard InChI is InChI=1S/C16H20BFO4.C3H8.C2H6O/c1-15(2)16(3,4)22-17(21-15)7-6-12-8-11(10-19)9-13(20-5)14(12)18;2*1-3-2/h6-10H,1-5H3;3H2,1-2H3;1-2H3/b7-6+;;. The maximum absolute atomic E-state index is 14.2. The van der Waals surface area contributed by atoms with E-state index in [4.69, 9.17) is 14.0 Å². The molecule has 0 amide bonds. The van der Waals surface area contributed by atoms with E-state index in [2.05, 4.69) is 18.6 Å². The third kappa shape index (κ3) is 7.38. The Kier molecular flexibility index (Phi) is 11.3. The minimum Gasteiger partial charge on any atom is -0.494 e. The van der Waals surface area contributed by atoms with Crippen LogP contribution in [0.25, 0.3) is 6.08 Å². The smallest absolute Gasteiger partial charge is 0.487 e. The number of carbonyl (C=O) groups is 1. The maximum Gasteiger partial charge on any atom is 0.487 e. The molecule has 0 bridgehead atoms. The first-order valence-electron chi connectivity index (χ1n) is 9.30. The van der Waals surface area contributed by atoms with Crippen molar-refractivity contribution in [3.05, 3.63) is 35.1 Å². The second-order valence-electron chi connectivity index (χ2n) is 7.34. The second-order valence-corrected chi connectivity index (χ2v) is 7.34. The van der Waals surface area contributed by atoms with Gasteiger partial charge in [-0.15, -0.1) is 0 Å². The molecule has 1 aliphatic rings. The van der Waals surface area contributed by atoms with Crippen molar-refractivity contribution in [1.29, 1.82) is 0 Å². The van der Waals surface area contributed by atoms with E-state index < -0.39 is 24.1 Å². The normalized spacial score (nSPS) is 16.7. The van der Waals surface area contributed by atoms with Gasteiger partial charge in [-0.1, -0.05) is 32.3 Å². The minimum absolute atomic E-state index is 0.0261. The molecule has 7 heteroatoms. The number of halogens is 1. The minimum atomic E-state index is -0.574. The van der Waals surface area contributed by atoms with Crippen LogP contribution < -0.4 is 4.74 Å². The van der Waals surface area contributed by atoms with Crippen molar-refractivity contribution in [2.24, 2.45) is 0 Å². The number of methoxy groups -OCH3 is 2. The number of rotatable bonds is 4. The van der Waals surface area contributed by atoms with Crippen molar-refractivity contribution in [3.8, 4) is 5.75 Å². The lowest BCUT2D eigenvalue weighted by molar-refractivity contribution is 0.00578. The summed E-state index contributed by atoms with van der Waals surface area (Å²) in [5.74, 6) is 1.13. The van der Waals surface area contributed by atoms with Crippen LogP contribution in [0.1, 0.15) is 63.9 Å². The molecular formula is C21H34BFO5. The van der Waals surface area contributed by atoms with Crippen LogP contribution in [0.4, 0.5) is 4.39 Å². The first-order chi connectivity index (χ1) is 13.0. The zero-order chi connectivity index (χ0) is 22.0. The molecule has 158 valence electrons. The van der Waals surface area contributed by atoms with Gasteiger partial charge in [0.2, 0.25) is 0 Å². The number of ether oxygens (including phenoxy) is 2. The van der Waals surface area contributed by atoms with Crippen molar-refractivity contribution in [2.75, 3.05) is 21.3 Å². The molecule has 1 heterocycles. The fourth-order valence-corrected chi connectivity index (χ4v) is 2.13. The molecule has 0 aliphatic carbocycles. The number of aldehydes is 1. The van der Waals surface area contributed by atoms with Gasteiger partial charge in [-0.2, -0.15) is 0 Å². The summed E-state index contributed by atoms with van der Waals surface area (Å²) in [7, 11) is 4.03. The zero-order valence-corrected chi connectivity index (χ0v) is 18.6. The third-order valence-corrected chi connectivity index (χ3v) is 4.15. The van der Waals surface area contributed by atoms with E-state index in [-0.39, 0.29) is 11.3 Å². The highest BCUT2D eigenvalue weighted by Crippen LogP contribution is 2.37. The second kappa shape index (κ2) is 12.0. The third-order valence-electron chi connectivity index (χ3n) is 4.15. The number of hydrogen-bond acceptors (Lipinski definition) is 5. The van der Waals surface area contributed by atoms with Crippen molar-refractivity contribution in [1.82, 2.24) is 0 Å². The van der Waals surface area contributed by atoms with E-state index in [1.54, 1.807) is 20.2 Å². The Bertz CT molecular complexity index is 626. The molecule has 0 aromatic heterocycles. The molecular weight excluding hydrogens is 362 g/mol. The van der Waals surface area contributed by atoms with E-state index in [0.717, 1.165) is 0 Å². The van der Waals surface area contributed by atoms with Gasteiger partial charge < -0.3 is 18.8 Å². The van der Waals surface area contributed by atoms with E-state index in [0.29, 0.717) is 11.8 Å². The highest BCUT2D eigenvalue weighted by Gasteiger charge is 2.50. The van der Waals surface area contributed by atoms with Gasteiger partial charge in [0.25, 0.3) is 0 Å². The lowest BCUT2D eigenvalue weighted by Crippen LogP contribution is -2.41. The summed E-state index contributed by atoms with van der Waals surface area (Å²) >= 11 is 0. The predicted octanol–water partition coefficient (Wildman–Crippen LogP) is 4.97. The van der Waals surface area contributed by atoms with Crippen molar-refractivity contribution < 1.29 is 28.0 Å². The molecule has 0 N–H and O–H groups in total. The van der Waals surface area contributed by atoms with Crippen LogP contribution in [-0.2, 0) is 14.0 Å². The Morgan fingerprint density at radius 3 is 1.93 bits per heavy atom. The van der Waals surface area contributed by atoms with Gasteiger partial charge in [0.15, 0.2) is 11.6 Å². The topological polar surface area (TPSA) is 54.0 Å².